The highest BCUT2D eigenvalue weighted by Gasteiger charge is 2.22. The normalized spacial score (nSPS) is 16.4. The molecule has 148 valence electrons. The third-order valence-corrected chi connectivity index (χ3v) is 7.67. The minimum atomic E-state index is -0.297. The maximum absolute atomic E-state index is 12.4. The van der Waals surface area contributed by atoms with Gasteiger partial charge in [-0.05, 0) is 31.7 Å². The lowest BCUT2D eigenvalue weighted by molar-refractivity contribution is -0.120. The van der Waals surface area contributed by atoms with Gasteiger partial charge in [0, 0.05) is 16.6 Å². The molecular formula is C20H22ClN3O2S2. The second kappa shape index (κ2) is 8.84. The Balaban J connectivity index is 1.38. The number of carbonyl (C=O) groups is 1. The minimum Gasteiger partial charge on any atom is -0.410 e. The second-order valence-electron chi connectivity index (χ2n) is 7.12. The number of rotatable bonds is 6. The average molecular weight is 436 g/mol. The summed E-state index contributed by atoms with van der Waals surface area (Å²) in [6, 6.07) is 7.91. The molecule has 1 saturated carbocycles. The smallest absolute Gasteiger partial charge is 0.277 e. The van der Waals surface area contributed by atoms with Crippen molar-refractivity contribution in [2.75, 3.05) is 6.54 Å². The molecule has 8 heteroatoms. The summed E-state index contributed by atoms with van der Waals surface area (Å²) in [5, 5.41) is 13.0. The summed E-state index contributed by atoms with van der Waals surface area (Å²) in [5.74, 6) is 1.01. The second-order valence-corrected chi connectivity index (χ2v) is 9.85. The Bertz CT molecular complexity index is 965. The molecule has 4 rings (SSSR count). The van der Waals surface area contributed by atoms with Crippen molar-refractivity contribution in [3.05, 3.63) is 29.3 Å². The predicted octanol–water partition coefficient (Wildman–Crippen LogP) is 5.78. The van der Waals surface area contributed by atoms with E-state index in [4.69, 9.17) is 16.0 Å². The van der Waals surface area contributed by atoms with Gasteiger partial charge in [0.1, 0.15) is 4.88 Å². The molecular weight excluding hydrogens is 414 g/mol. The Labute approximate surface area is 177 Å². The molecule has 3 aromatic rings. The third-order valence-electron chi connectivity index (χ3n) is 5.07. The molecule has 0 bridgehead atoms. The zero-order valence-electron chi connectivity index (χ0n) is 15.6. The molecule has 1 amide bonds. The third kappa shape index (κ3) is 4.36. The molecule has 0 unspecified atom stereocenters. The molecule has 1 aromatic carbocycles. The van der Waals surface area contributed by atoms with Gasteiger partial charge in [0.05, 0.1) is 10.3 Å². The van der Waals surface area contributed by atoms with Crippen molar-refractivity contribution in [2.24, 2.45) is 5.92 Å². The number of thioether (sulfide) groups is 1. The molecule has 0 saturated heterocycles. The number of aromatic nitrogens is 2. The molecule has 1 aliphatic rings. The van der Waals surface area contributed by atoms with Crippen LogP contribution in [0.5, 0.6) is 0 Å². The van der Waals surface area contributed by atoms with Crippen LogP contribution in [0.3, 0.4) is 0 Å². The van der Waals surface area contributed by atoms with E-state index in [0.29, 0.717) is 22.1 Å². The lowest BCUT2D eigenvalue weighted by Crippen LogP contribution is -2.35. The molecule has 1 N–H and O–H groups in total. The monoisotopic (exact) mass is 435 g/mol. The number of hydrogen-bond donors (Lipinski definition) is 1. The quantitative estimate of drug-likeness (QED) is 0.497. The number of carbonyl (C=O) groups excluding carboxylic acids is 1. The SMILES string of the molecule is C[C@@H](Sc1nnc(-c2sc3ccccc3c2Cl)o1)C(=O)NCC1CCCCC1. The molecule has 0 aliphatic heterocycles. The zero-order chi connectivity index (χ0) is 19.5. The number of nitrogens with zero attached hydrogens (tertiary/aromatic N) is 2. The van der Waals surface area contributed by atoms with Crippen LogP contribution in [0.4, 0.5) is 0 Å². The van der Waals surface area contributed by atoms with E-state index in [1.807, 2.05) is 31.2 Å². The first-order valence-electron chi connectivity index (χ1n) is 9.57. The highest BCUT2D eigenvalue weighted by molar-refractivity contribution is 8.00. The van der Waals surface area contributed by atoms with E-state index < -0.39 is 0 Å². The average Bonchev–Trinajstić information content (AvgIpc) is 3.31. The molecule has 2 heterocycles. The fourth-order valence-corrected chi connectivity index (χ4v) is 5.63. The van der Waals surface area contributed by atoms with Gasteiger partial charge < -0.3 is 9.73 Å². The summed E-state index contributed by atoms with van der Waals surface area (Å²) < 4.78 is 6.86. The number of amides is 1. The van der Waals surface area contributed by atoms with Gasteiger partial charge in [-0.15, -0.1) is 21.5 Å². The lowest BCUT2D eigenvalue weighted by atomic mass is 9.89. The van der Waals surface area contributed by atoms with Crippen molar-refractivity contribution < 1.29 is 9.21 Å². The van der Waals surface area contributed by atoms with E-state index in [1.165, 1.54) is 55.2 Å². The standard InChI is InChI=1S/C20H22ClN3O2S2/c1-12(18(25)22-11-13-7-3-2-4-8-13)27-20-24-23-19(26-20)17-16(21)14-9-5-6-10-15(14)28-17/h5-6,9-10,12-13H,2-4,7-8,11H2,1H3,(H,22,25)/t12-/m1/s1. The van der Waals surface area contributed by atoms with Gasteiger partial charge in [0.15, 0.2) is 0 Å². The molecule has 5 nitrogen and oxygen atoms in total. The molecule has 2 aromatic heterocycles. The van der Waals surface area contributed by atoms with E-state index >= 15 is 0 Å². The molecule has 0 spiro atoms. The Morgan fingerprint density at radius 1 is 1.32 bits per heavy atom. The fraction of sp³-hybridized carbons (Fsp3) is 0.450. The number of halogens is 1. The first kappa shape index (κ1) is 19.7. The summed E-state index contributed by atoms with van der Waals surface area (Å²) in [7, 11) is 0. The summed E-state index contributed by atoms with van der Waals surface area (Å²) >= 11 is 9.28. The van der Waals surface area contributed by atoms with Crippen LogP contribution in [-0.2, 0) is 4.79 Å². The fourth-order valence-electron chi connectivity index (χ4n) is 3.49. The highest BCUT2D eigenvalue weighted by atomic mass is 35.5. The van der Waals surface area contributed by atoms with Gasteiger partial charge in [-0.2, -0.15) is 0 Å². The van der Waals surface area contributed by atoms with Crippen molar-refractivity contribution in [3.8, 4) is 10.8 Å². The van der Waals surface area contributed by atoms with Crippen LogP contribution in [0, 0.1) is 5.92 Å². The Hall–Kier alpha value is -1.57. The van der Waals surface area contributed by atoms with Crippen LogP contribution in [0.1, 0.15) is 39.0 Å². The van der Waals surface area contributed by atoms with Crippen molar-refractivity contribution in [1.29, 1.82) is 0 Å². The highest BCUT2D eigenvalue weighted by Crippen LogP contribution is 2.42. The summed E-state index contributed by atoms with van der Waals surface area (Å²) in [6.45, 7) is 2.62. The van der Waals surface area contributed by atoms with Crippen LogP contribution in [0.2, 0.25) is 5.02 Å². The lowest BCUT2D eigenvalue weighted by Gasteiger charge is -2.22. The van der Waals surface area contributed by atoms with Crippen molar-refractivity contribution in [2.45, 2.75) is 49.5 Å². The van der Waals surface area contributed by atoms with Gasteiger partial charge in [-0.25, -0.2) is 0 Å². The van der Waals surface area contributed by atoms with Crippen LogP contribution in [-0.4, -0.2) is 27.9 Å². The summed E-state index contributed by atoms with van der Waals surface area (Å²) in [6.07, 6.45) is 6.29. The molecule has 0 radical (unpaired) electrons. The molecule has 28 heavy (non-hydrogen) atoms. The van der Waals surface area contributed by atoms with E-state index in [-0.39, 0.29) is 11.2 Å². The largest absolute Gasteiger partial charge is 0.410 e. The Morgan fingerprint density at radius 2 is 2.11 bits per heavy atom. The van der Waals surface area contributed by atoms with Crippen molar-refractivity contribution >= 4 is 50.7 Å². The molecule has 1 fully saturated rings. The Morgan fingerprint density at radius 3 is 2.89 bits per heavy atom. The first-order valence-corrected chi connectivity index (χ1v) is 11.6. The number of fused-ring (bicyclic) bond motifs is 1. The van der Waals surface area contributed by atoms with Crippen LogP contribution >= 0.6 is 34.7 Å². The number of hydrogen-bond acceptors (Lipinski definition) is 6. The van der Waals surface area contributed by atoms with Crippen molar-refractivity contribution in [3.63, 3.8) is 0 Å². The minimum absolute atomic E-state index is 0.00946. The van der Waals surface area contributed by atoms with Crippen LogP contribution in [0.25, 0.3) is 20.9 Å². The number of thiophene rings is 1. The van der Waals surface area contributed by atoms with Gasteiger partial charge in [-0.3, -0.25) is 4.79 Å². The number of benzene rings is 1. The van der Waals surface area contributed by atoms with Gasteiger partial charge in [0.25, 0.3) is 11.1 Å². The molecule has 1 atom stereocenters. The molecule has 1 aliphatic carbocycles. The maximum atomic E-state index is 12.4. The van der Waals surface area contributed by atoms with Gasteiger partial charge in [0.2, 0.25) is 5.91 Å². The maximum Gasteiger partial charge on any atom is 0.277 e. The summed E-state index contributed by atoms with van der Waals surface area (Å²) in [5.41, 5.74) is 0. The topological polar surface area (TPSA) is 68.0 Å². The van der Waals surface area contributed by atoms with E-state index in [2.05, 4.69) is 15.5 Å². The predicted molar refractivity (Wildman–Crippen MR) is 115 cm³/mol. The van der Waals surface area contributed by atoms with E-state index in [9.17, 15) is 4.79 Å². The number of nitrogens with one attached hydrogen (secondary N) is 1. The first-order chi connectivity index (χ1) is 13.6. The van der Waals surface area contributed by atoms with Crippen LogP contribution < -0.4 is 5.32 Å². The van der Waals surface area contributed by atoms with Crippen LogP contribution in [0.15, 0.2) is 33.9 Å². The van der Waals surface area contributed by atoms with Crippen molar-refractivity contribution in [1.82, 2.24) is 15.5 Å². The Kier molecular flexibility index (Phi) is 6.23. The van der Waals surface area contributed by atoms with E-state index in [0.717, 1.165) is 21.5 Å². The van der Waals surface area contributed by atoms with E-state index in [1.54, 1.807) is 0 Å². The van der Waals surface area contributed by atoms with Gasteiger partial charge in [-0.1, -0.05) is 60.8 Å². The van der Waals surface area contributed by atoms with Gasteiger partial charge >= 0.3 is 0 Å². The summed E-state index contributed by atoms with van der Waals surface area (Å²) in [4.78, 5) is 13.2. The zero-order valence-corrected chi connectivity index (χ0v) is 18.0.